The molecule has 5 nitrogen and oxygen atoms in total. The number of hydrogen-bond donors (Lipinski definition) is 2. The normalized spacial score (nSPS) is 25.5. The van der Waals surface area contributed by atoms with Gasteiger partial charge in [0.1, 0.15) is 0 Å². The lowest BCUT2D eigenvalue weighted by Crippen LogP contribution is -2.43. The molecule has 0 aromatic carbocycles. The second-order valence-electron chi connectivity index (χ2n) is 5.04. The fourth-order valence-corrected chi connectivity index (χ4v) is 1.83. The van der Waals surface area contributed by atoms with Gasteiger partial charge in [0.15, 0.2) is 5.82 Å². The zero-order chi connectivity index (χ0) is 11.6. The number of nitrogens with zero attached hydrogens (tertiary/aromatic N) is 2. The Morgan fingerprint density at radius 2 is 2.38 bits per heavy atom. The van der Waals surface area contributed by atoms with Crippen LogP contribution in [-0.2, 0) is 6.54 Å². The summed E-state index contributed by atoms with van der Waals surface area (Å²) in [5.41, 5.74) is 0.165. The van der Waals surface area contributed by atoms with Crippen molar-refractivity contribution in [3.63, 3.8) is 0 Å². The van der Waals surface area contributed by atoms with Crippen molar-refractivity contribution in [1.29, 1.82) is 0 Å². The Bertz CT molecular complexity index is 342. The van der Waals surface area contributed by atoms with Gasteiger partial charge in [-0.25, -0.2) is 0 Å². The van der Waals surface area contributed by atoms with Crippen LogP contribution in [0.5, 0.6) is 0 Å². The summed E-state index contributed by atoms with van der Waals surface area (Å²) in [6.07, 6.45) is 1.14. The smallest absolute Gasteiger partial charge is 0.229 e. The van der Waals surface area contributed by atoms with Crippen LogP contribution in [0.25, 0.3) is 0 Å². The molecule has 0 radical (unpaired) electrons. The van der Waals surface area contributed by atoms with Crippen molar-refractivity contribution < 1.29 is 4.52 Å². The van der Waals surface area contributed by atoms with Crippen LogP contribution in [0.3, 0.4) is 0 Å². The SMILES string of the molecule is CC(C)c1nc(CNC2(C)CCNC2)no1. The second-order valence-corrected chi connectivity index (χ2v) is 5.04. The van der Waals surface area contributed by atoms with E-state index in [1.807, 2.05) is 13.8 Å². The van der Waals surface area contributed by atoms with Gasteiger partial charge in [-0.1, -0.05) is 19.0 Å². The third-order valence-electron chi connectivity index (χ3n) is 3.02. The van der Waals surface area contributed by atoms with Crippen LogP contribution in [-0.4, -0.2) is 28.8 Å². The van der Waals surface area contributed by atoms with Crippen molar-refractivity contribution in [2.24, 2.45) is 0 Å². The van der Waals surface area contributed by atoms with Gasteiger partial charge in [-0.3, -0.25) is 0 Å². The van der Waals surface area contributed by atoms with Gasteiger partial charge in [0.25, 0.3) is 0 Å². The first kappa shape index (κ1) is 11.5. The minimum Gasteiger partial charge on any atom is -0.339 e. The molecule has 1 aromatic heterocycles. The second kappa shape index (κ2) is 4.51. The van der Waals surface area contributed by atoms with Gasteiger partial charge in [0.2, 0.25) is 5.89 Å². The Morgan fingerprint density at radius 3 is 2.94 bits per heavy atom. The lowest BCUT2D eigenvalue weighted by Gasteiger charge is -2.23. The highest BCUT2D eigenvalue weighted by Gasteiger charge is 2.28. The molecule has 1 aliphatic heterocycles. The van der Waals surface area contributed by atoms with Gasteiger partial charge in [0, 0.05) is 18.0 Å². The van der Waals surface area contributed by atoms with E-state index in [-0.39, 0.29) is 5.54 Å². The van der Waals surface area contributed by atoms with Crippen LogP contribution in [0.4, 0.5) is 0 Å². The molecule has 1 aliphatic rings. The summed E-state index contributed by atoms with van der Waals surface area (Å²) < 4.78 is 5.16. The van der Waals surface area contributed by atoms with E-state index in [1.165, 1.54) is 0 Å². The topological polar surface area (TPSA) is 63.0 Å². The molecule has 2 heterocycles. The van der Waals surface area contributed by atoms with Crippen molar-refractivity contribution in [2.75, 3.05) is 13.1 Å². The molecule has 16 heavy (non-hydrogen) atoms. The third-order valence-corrected chi connectivity index (χ3v) is 3.02. The van der Waals surface area contributed by atoms with Gasteiger partial charge in [0.05, 0.1) is 6.54 Å². The van der Waals surface area contributed by atoms with Crippen molar-refractivity contribution in [3.05, 3.63) is 11.7 Å². The number of nitrogens with one attached hydrogen (secondary N) is 2. The third kappa shape index (κ3) is 2.59. The molecule has 0 saturated carbocycles. The predicted molar refractivity (Wildman–Crippen MR) is 61.1 cm³/mol. The summed E-state index contributed by atoms with van der Waals surface area (Å²) in [6.45, 7) is 9.07. The minimum atomic E-state index is 0.165. The van der Waals surface area contributed by atoms with Crippen molar-refractivity contribution in [2.45, 2.75) is 45.2 Å². The summed E-state index contributed by atoms with van der Waals surface area (Å²) in [6, 6.07) is 0. The zero-order valence-electron chi connectivity index (χ0n) is 10.2. The lowest BCUT2D eigenvalue weighted by molar-refractivity contribution is 0.348. The van der Waals surface area contributed by atoms with Gasteiger partial charge >= 0.3 is 0 Å². The maximum absolute atomic E-state index is 5.16. The first-order valence-corrected chi connectivity index (χ1v) is 5.87. The average Bonchev–Trinajstić information content (AvgIpc) is 2.84. The summed E-state index contributed by atoms with van der Waals surface area (Å²) >= 11 is 0. The van der Waals surface area contributed by atoms with E-state index in [0.29, 0.717) is 18.4 Å². The van der Waals surface area contributed by atoms with Crippen LogP contribution in [0.15, 0.2) is 4.52 Å². The maximum atomic E-state index is 5.16. The molecule has 0 amide bonds. The first-order valence-electron chi connectivity index (χ1n) is 5.87. The predicted octanol–water partition coefficient (Wildman–Crippen LogP) is 1.03. The molecule has 1 aromatic rings. The Balaban J connectivity index is 1.89. The Kier molecular flexibility index (Phi) is 3.25. The molecule has 2 rings (SSSR count). The number of hydrogen-bond acceptors (Lipinski definition) is 5. The molecule has 1 unspecified atom stereocenters. The minimum absolute atomic E-state index is 0.165. The largest absolute Gasteiger partial charge is 0.339 e. The standard InChI is InChI=1S/C11H20N4O/c1-8(2)10-14-9(15-16-10)6-13-11(3)4-5-12-7-11/h8,12-13H,4-7H2,1-3H3. The van der Waals surface area contributed by atoms with E-state index >= 15 is 0 Å². The van der Waals surface area contributed by atoms with Gasteiger partial charge < -0.3 is 15.2 Å². The Labute approximate surface area is 96.0 Å². The van der Waals surface area contributed by atoms with E-state index in [2.05, 4.69) is 27.7 Å². The van der Waals surface area contributed by atoms with Gasteiger partial charge in [-0.05, 0) is 19.9 Å². The molecular formula is C11H20N4O. The van der Waals surface area contributed by atoms with Crippen LogP contribution in [0.2, 0.25) is 0 Å². The highest BCUT2D eigenvalue weighted by molar-refractivity contribution is 4.95. The molecule has 90 valence electrons. The number of rotatable bonds is 4. The zero-order valence-corrected chi connectivity index (χ0v) is 10.2. The molecule has 2 N–H and O–H groups in total. The summed E-state index contributed by atoms with van der Waals surface area (Å²) in [5, 5.41) is 10.8. The molecule has 1 fully saturated rings. The molecule has 0 spiro atoms. The molecule has 0 bridgehead atoms. The van der Waals surface area contributed by atoms with E-state index < -0.39 is 0 Å². The molecule has 0 aliphatic carbocycles. The first-order chi connectivity index (χ1) is 7.59. The average molecular weight is 224 g/mol. The van der Waals surface area contributed by atoms with Gasteiger partial charge in [-0.2, -0.15) is 4.98 Å². The van der Waals surface area contributed by atoms with Crippen LogP contribution in [0, 0.1) is 0 Å². The maximum Gasteiger partial charge on any atom is 0.229 e. The fraction of sp³-hybridized carbons (Fsp3) is 0.818. The van der Waals surface area contributed by atoms with Crippen molar-refractivity contribution in [3.8, 4) is 0 Å². The van der Waals surface area contributed by atoms with Crippen LogP contribution >= 0.6 is 0 Å². The molecule has 5 heteroatoms. The van der Waals surface area contributed by atoms with Crippen molar-refractivity contribution in [1.82, 2.24) is 20.8 Å². The lowest BCUT2D eigenvalue weighted by atomic mass is 10.0. The Morgan fingerprint density at radius 1 is 1.56 bits per heavy atom. The summed E-state index contributed by atoms with van der Waals surface area (Å²) in [4.78, 5) is 4.34. The van der Waals surface area contributed by atoms with E-state index in [1.54, 1.807) is 0 Å². The fourth-order valence-electron chi connectivity index (χ4n) is 1.83. The van der Waals surface area contributed by atoms with Crippen LogP contribution in [0.1, 0.15) is 44.8 Å². The molecule has 1 atom stereocenters. The molecular weight excluding hydrogens is 204 g/mol. The van der Waals surface area contributed by atoms with E-state index in [0.717, 1.165) is 25.3 Å². The van der Waals surface area contributed by atoms with Gasteiger partial charge in [-0.15, -0.1) is 0 Å². The van der Waals surface area contributed by atoms with Crippen LogP contribution < -0.4 is 10.6 Å². The number of aromatic nitrogens is 2. The van der Waals surface area contributed by atoms with E-state index in [4.69, 9.17) is 4.52 Å². The highest BCUT2D eigenvalue weighted by atomic mass is 16.5. The molecule has 1 saturated heterocycles. The quantitative estimate of drug-likeness (QED) is 0.800. The monoisotopic (exact) mass is 224 g/mol. The highest BCUT2D eigenvalue weighted by Crippen LogP contribution is 2.15. The Hall–Kier alpha value is -0.940. The summed E-state index contributed by atoms with van der Waals surface area (Å²) in [7, 11) is 0. The van der Waals surface area contributed by atoms with Crippen molar-refractivity contribution >= 4 is 0 Å². The summed E-state index contributed by atoms with van der Waals surface area (Å²) in [5.74, 6) is 1.76. The van der Waals surface area contributed by atoms with E-state index in [9.17, 15) is 0 Å².